The quantitative estimate of drug-likeness (QED) is 0.162. The van der Waals surface area contributed by atoms with E-state index in [2.05, 4.69) is 11.8 Å². The molecule has 224 valence electrons. The lowest BCUT2D eigenvalue weighted by Gasteiger charge is -2.43. The van der Waals surface area contributed by atoms with Crippen molar-refractivity contribution in [1.82, 2.24) is 4.90 Å². The zero-order chi connectivity index (χ0) is 29.4. The summed E-state index contributed by atoms with van der Waals surface area (Å²) in [7, 11) is 2.04. The number of phenols is 2. The Morgan fingerprint density at radius 2 is 1.55 bits per heavy atom. The van der Waals surface area contributed by atoms with Crippen LogP contribution in [0.15, 0.2) is 42.5 Å². The molecule has 2 aromatic rings. The molecule has 0 fully saturated rings. The van der Waals surface area contributed by atoms with Gasteiger partial charge in [-0.1, -0.05) is 38.0 Å². The van der Waals surface area contributed by atoms with Crippen LogP contribution in [0.2, 0.25) is 0 Å². The third kappa shape index (κ3) is 8.65. The average molecular weight is 590 g/mol. The second-order valence-electron chi connectivity index (χ2n) is 11.0. The van der Waals surface area contributed by atoms with Gasteiger partial charge < -0.3 is 19.8 Å². The second kappa shape index (κ2) is 14.1. The van der Waals surface area contributed by atoms with Crippen molar-refractivity contribution in [3.8, 4) is 17.2 Å². The van der Waals surface area contributed by atoms with Crippen LogP contribution < -0.4 is 4.74 Å². The summed E-state index contributed by atoms with van der Waals surface area (Å²) >= 11 is 1.42. The van der Waals surface area contributed by atoms with E-state index in [0.29, 0.717) is 18.1 Å². The molecule has 3 rings (SSSR count). The molecule has 0 bridgehead atoms. The Morgan fingerprint density at radius 1 is 0.900 bits per heavy atom. The first-order valence-electron chi connectivity index (χ1n) is 13.8. The highest BCUT2D eigenvalue weighted by Gasteiger charge is 2.56. The minimum Gasteiger partial charge on any atom is -0.508 e. The van der Waals surface area contributed by atoms with Crippen molar-refractivity contribution >= 4 is 11.8 Å². The number of alkyl halides is 5. The maximum absolute atomic E-state index is 12.9. The van der Waals surface area contributed by atoms with Gasteiger partial charge in [-0.05, 0) is 86.7 Å². The zero-order valence-corrected chi connectivity index (χ0v) is 24.0. The van der Waals surface area contributed by atoms with Crippen LogP contribution in [0, 0.1) is 0 Å². The molecule has 0 spiro atoms. The Bertz CT molecular complexity index is 1070. The Labute approximate surface area is 237 Å². The highest BCUT2D eigenvalue weighted by molar-refractivity contribution is 7.99. The first kappa shape index (κ1) is 32.3. The van der Waals surface area contributed by atoms with Crippen LogP contribution in [0.25, 0.3) is 0 Å². The Kier molecular flexibility index (Phi) is 11.4. The third-order valence-electron chi connectivity index (χ3n) is 7.75. The summed E-state index contributed by atoms with van der Waals surface area (Å²) in [6.07, 6.45) is -1.88. The predicted octanol–water partition coefficient (Wildman–Crippen LogP) is 8.13. The summed E-state index contributed by atoms with van der Waals surface area (Å²) in [5, 5.41) is 19.7. The summed E-state index contributed by atoms with van der Waals surface area (Å²) < 4.78 is 68.6. The largest absolute Gasteiger partial charge is 0.508 e. The highest BCUT2D eigenvalue weighted by atomic mass is 32.2. The van der Waals surface area contributed by atoms with Gasteiger partial charge in [0.05, 0.1) is 6.61 Å². The molecule has 1 aliphatic heterocycles. The van der Waals surface area contributed by atoms with Crippen LogP contribution in [0.3, 0.4) is 0 Å². The van der Waals surface area contributed by atoms with Crippen LogP contribution in [-0.2, 0) is 5.41 Å². The lowest BCUT2D eigenvalue weighted by molar-refractivity contribution is -0.284. The number of fused-ring (bicyclic) bond motifs is 1. The molecule has 0 radical (unpaired) electrons. The molecular weight excluding hydrogens is 549 g/mol. The number of hydrogen-bond donors (Lipinski definition) is 2. The number of nitrogens with zero attached hydrogens (tertiary/aromatic N) is 1. The van der Waals surface area contributed by atoms with Crippen molar-refractivity contribution in [2.75, 3.05) is 38.2 Å². The second-order valence-corrected chi connectivity index (χ2v) is 12.2. The van der Waals surface area contributed by atoms with Gasteiger partial charge in [0.15, 0.2) is 0 Å². The van der Waals surface area contributed by atoms with E-state index in [1.807, 2.05) is 25.2 Å². The Hall–Kier alpha value is -2.20. The smallest absolute Gasteiger partial charge is 0.453 e. The van der Waals surface area contributed by atoms with E-state index < -0.39 is 18.5 Å². The fourth-order valence-corrected chi connectivity index (χ4v) is 6.19. The molecule has 0 saturated carbocycles. The number of unbranched alkanes of at least 4 members (excludes halogenated alkanes) is 2. The number of benzene rings is 2. The normalized spacial score (nSPS) is 19.4. The van der Waals surface area contributed by atoms with Gasteiger partial charge in [-0.15, -0.1) is 0 Å². The number of ether oxygens (including phenoxy) is 1. The van der Waals surface area contributed by atoms with Crippen LogP contribution in [0.1, 0.15) is 68.9 Å². The van der Waals surface area contributed by atoms with Gasteiger partial charge in [0.1, 0.15) is 17.2 Å². The minimum atomic E-state index is -5.47. The third-order valence-corrected chi connectivity index (χ3v) is 8.91. The van der Waals surface area contributed by atoms with Gasteiger partial charge in [-0.25, -0.2) is 0 Å². The van der Waals surface area contributed by atoms with Gasteiger partial charge in [-0.3, -0.25) is 0 Å². The van der Waals surface area contributed by atoms with Crippen molar-refractivity contribution in [1.29, 1.82) is 0 Å². The van der Waals surface area contributed by atoms with Gasteiger partial charge >= 0.3 is 12.1 Å². The van der Waals surface area contributed by atoms with Crippen molar-refractivity contribution in [3.05, 3.63) is 53.6 Å². The van der Waals surface area contributed by atoms with Gasteiger partial charge in [0.2, 0.25) is 0 Å². The van der Waals surface area contributed by atoms with Crippen LogP contribution in [-0.4, -0.2) is 65.5 Å². The molecule has 1 aliphatic rings. The molecule has 40 heavy (non-hydrogen) atoms. The van der Waals surface area contributed by atoms with E-state index in [1.165, 1.54) is 11.8 Å². The monoisotopic (exact) mass is 589 g/mol. The summed E-state index contributed by atoms with van der Waals surface area (Å²) in [5.41, 5.74) is 1.89. The lowest BCUT2D eigenvalue weighted by Crippen LogP contribution is -2.40. The van der Waals surface area contributed by atoms with E-state index in [4.69, 9.17) is 4.74 Å². The molecule has 1 heterocycles. The lowest BCUT2D eigenvalue weighted by atomic mass is 9.66. The van der Waals surface area contributed by atoms with Gasteiger partial charge in [0.25, 0.3) is 0 Å². The first-order valence-corrected chi connectivity index (χ1v) is 14.9. The van der Waals surface area contributed by atoms with E-state index in [-0.39, 0.29) is 29.3 Å². The van der Waals surface area contributed by atoms with E-state index in [9.17, 15) is 32.2 Å². The van der Waals surface area contributed by atoms with E-state index in [1.54, 1.807) is 24.3 Å². The van der Waals surface area contributed by atoms with Crippen LogP contribution in [0.4, 0.5) is 22.0 Å². The average Bonchev–Trinajstić information content (AvgIpc) is 2.88. The summed E-state index contributed by atoms with van der Waals surface area (Å²) in [6.45, 7) is 4.44. The van der Waals surface area contributed by atoms with Crippen molar-refractivity contribution in [3.63, 3.8) is 0 Å². The van der Waals surface area contributed by atoms with E-state index in [0.717, 1.165) is 62.1 Å². The van der Waals surface area contributed by atoms with Crippen molar-refractivity contribution in [2.24, 2.45) is 0 Å². The Morgan fingerprint density at radius 3 is 2.25 bits per heavy atom. The predicted molar refractivity (Wildman–Crippen MR) is 150 cm³/mol. The number of aromatic hydroxyl groups is 2. The van der Waals surface area contributed by atoms with Crippen LogP contribution in [0.5, 0.6) is 17.2 Å². The SMILES string of the molecule is CN(CCCCCC1c2ccc(O)cc2OC[C@]1(C)c1ccc(O)cc1)CCCSCCCC(F)(F)C(F)(F)F. The number of phenolic OH excluding ortho intramolecular Hbond substituents is 2. The minimum absolute atomic E-state index is 0.155. The Balaban J connectivity index is 1.39. The van der Waals surface area contributed by atoms with Gasteiger partial charge in [0, 0.05) is 23.8 Å². The molecule has 0 aromatic heterocycles. The molecule has 0 aliphatic carbocycles. The summed E-state index contributed by atoms with van der Waals surface area (Å²) in [6, 6.07) is 12.6. The molecule has 2 aromatic carbocycles. The maximum Gasteiger partial charge on any atom is 0.453 e. The standard InChI is InChI=1S/C30H40F5NO3S/c1-28(22-9-11-23(37)12-10-22)21-39-27-20-24(38)13-14-25(27)26(28)8-4-3-5-16-36(2)17-7-19-40-18-6-15-29(31,32)30(33,34)35/h9-14,20,26,37-38H,3-8,15-19,21H2,1-2H3/t26?,28-/m1/s1. The number of hydrogen-bond acceptors (Lipinski definition) is 5. The van der Waals surface area contributed by atoms with E-state index >= 15 is 0 Å². The number of halogens is 5. The zero-order valence-electron chi connectivity index (χ0n) is 23.2. The summed E-state index contributed by atoms with van der Waals surface area (Å²) in [4.78, 5) is 2.23. The fourth-order valence-electron chi connectivity index (χ4n) is 5.30. The fraction of sp³-hybridized carbons (Fsp3) is 0.600. The van der Waals surface area contributed by atoms with Gasteiger partial charge in [-0.2, -0.15) is 33.7 Å². The topological polar surface area (TPSA) is 52.9 Å². The first-order chi connectivity index (χ1) is 18.8. The molecule has 0 saturated heterocycles. The maximum atomic E-state index is 12.9. The van der Waals surface area contributed by atoms with Crippen molar-refractivity contribution in [2.45, 2.75) is 75.3 Å². The molecule has 0 amide bonds. The molecular formula is C30H40F5NO3S. The number of thioether (sulfide) groups is 1. The van der Waals surface area contributed by atoms with Crippen LogP contribution >= 0.6 is 11.8 Å². The summed E-state index contributed by atoms with van der Waals surface area (Å²) in [5.74, 6) is -2.27. The van der Waals surface area contributed by atoms with Crippen molar-refractivity contribution < 1.29 is 36.9 Å². The molecule has 2 atom stereocenters. The highest BCUT2D eigenvalue weighted by Crippen LogP contribution is 2.49. The number of rotatable bonds is 15. The molecule has 4 nitrogen and oxygen atoms in total. The molecule has 10 heteroatoms. The molecule has 1 unspecified atom stereocenters. The molecule has 2 N–H and O–H groups in total.